The van der Waals surface area contributed by atoms with Crippen molar-refractivity contribution in [2.45, 2.75) is 12.5 Å². The van der Waals surface area contributed by atoms with Crippen LogP contribution in [-0.4, -0.2) is 89.1 Å². The molecule has 19 heavy (non-hydrogen) atoms. The van der Waals surface area contributed by atoms with Crippen LogP contribution in [0.25, 0.3) is 0 Å². The number of hydrogen-bond donors (Lipinski definition) is 1. The van der Waals surface area contributed by atoms with Crippen molar-refractivity contribution in [3.63, 3.8) is 0 Å². The molecule has 2 rings (SSSR count). The summed E-state index contributed by atoms with van der Waals surface area (Å²) in [5.74, 6) is 0.796. The van der Waals surface area contributed by atoms with Crippen LogP contribution in [0, 0.1) is 0 Å². The number of carbonyl (C=O) groups excluding carboxylic acids is 1. The molecule has 2 amide bonds. The van der Waals surface area contributed by atoms with Crippen molar-refractivity contribution < 1.29 is 14.7 Å². The van der Waals surface area contributed by atoms with E-state index in [1.54, 1.807) is 16.7 Å². The van der Waals surface area contributed by atoms with Gasteiger partial charge in [0, 0.05) is 44.2 Å². The van der Waals surface area contributed by atoms with Crippen molar-refractivity contribution >= 4 is 23.8 Å². The van der Waals surface area contributed by atoms with Gasteiger partial charge in [-0.05, 0) is 7.05 Å². The van der Waals surface area contributed by atoms with Crippen LogP contribution in [-0.2, 0) is 4.79 Å². The number of thioether (sulfide) groups is 1. The Morgan fingerprint density at radius 2 is 1.89 bits per heavy atom. The number of urea groups is 1. The van der Waals surface area contributed by atoms with Gasteiger partial charge >= 0.3 is 12.0 Å². The standard InChI is InChI=1S/C12H21N3O3S/c1-13-2-4-14(5-3-13)12(18)15-6-7-19-9-10(15)8-11(16)17/h10H,2-9H2,1H3,(H,16,17). The maximum Gasteiger partial charge on any atom is 0.320 e. The third kappa shape index (κ3) is 3.76. The molecule has 2 fully saturated rings. The Morgan fingerprint density at radius 1 is 1.21 bits per heavy atom. The third-order valence-electron chi connectivity index (χ3n) is 3.66. The van der Waals surface area contributed by atoms with Crippen molar-refractivity contribution in [3.05, 3.63) is 0 Å². The first kappa shape index (κ1) is 14.5. The number of nitrogens with zero attached hydrogens (tertiary/aromatic N) is 3. The summed E-state index contributed by atoms with van der Waals surface area (Å²) in [4.78, 5) is 29.2. The Morgan fingerprint density at radius 3 is 2.53 bits per heavy atom. The molecule has 0 aromatic rings. The first-order valence-electron chi connectivity index (χ1n) is 6.61. The van der Waals surface area contributed by atoms with E-state index < -0.39 is 5.97 Å². The summed E-state index contributed by atoms with van der Waals surface area (Å²) in [5.41, 5.74) is 0. The Hall–Kier alpha value is -0.950. The maximum atomic E-state index is 12.5. The second-order valence-electron chi connectivity index (χ2n) is 5.09. The number of hydrogen-bond acceptors (Lipinski definition) is 4. The quantitative estimate of drug-likeness (QED) is 0.788. The molecule has 7 heteroatoms. The fraction of sp³-hybridized carbons (Fsp3) is 0.833. The molecule has 1 unspecified atom stereocenters. The van der Waals surface area contributed by atoms with Gasteiger partial charge in [-0.3, -0.25) is 4.79 Å². The van der Waals surface area contributed by atoms with E-state index in [2.05, 4.69) is 4.90 Å². The Bertz CT molecular complexity index is 345. The van der Waals surface area contributed by atoms with Crippen molar-refractivity contribution in [1.82, 2.24) is 14.7 Å². The number of piperazine rings is 1. The summed E-state index contributed by atoms with van der Waals surface area (Å²) in [6, 6.07) is -0.150. The number of carboxylic acids is 1. The van der Waals surface area contributed by atoms with Crippen LogP contribution in [0.2, 0.25) is 0 Å². The van der Waals surface area contributed by atoms with E-state index in [4.69, 9.17) is 5.11 Å². The normalized spacial score (nSPS) is 25.4. The lowest BCUT2D eigenvalue weighted by atomic mass is 10.2. The molecule has 1 atom stereocenters. The third-order valence-corrected chi connectivity index (χ3v) is 4.75. The monoisotopic (exact) mass is 287 g/mol. The van der Waals surface area contributed by atoms with E-state index in [9.17, 15) is 9.59 Å². The molecule has 1 N–H and O–H groups in total. The highest BCUT2D eigenvalue weighted by Gasteiger charge is 2.32. The number of rotatable bonds is 2. The number of carboxylic acid groups (broad SMARTS) is 1. The molecule has 0 radical (unpaired) electrons. The molecule has 108 valence electrons. The predicted octanol–water partition coefficient (Wildman–Crippen LogP) is 0.246. The summed E-state index contributed by atoms with van der Waals surface area (Å²) in [7, 11) is 2.05. The minimum Gasteiger partial charge on any atom is -0.481 e. The fourth-order valence-corrected chi connectivity index (χ4v) is 3.52. The van der Waals surface area contributed by atoms with Crippen molar-refractivity contribution in [1.29, 1.82) is 0 Å². The van der Waals surface area contributed by atoms with Crippen LogP contribution in [0.5, 0.6) is 0 Å². The number of amides is 2. The van der Waals surface area contributed by atoms with Gasteiger partial charge in [0.15, 0.2) is 0 Å². The molecule has 2 aliphatic rings. The summed E-state index contributed by atoms with van der Waals surface area (Å²) >= 11 is 1.73. The second kappa shape index (κ2) is 6.47. The number of likely N-dealkylation sites (N-methyl/N-ethyl adjacent to an activating group) is 1. The molecular formula is C12H21N3O3S. The van der Waals surface area contributed by atoms with Crippen LogP contribution < -0.4 is 0 Å². The van der Waals surface area contributed by atoms with E-state index in [1.165, 1.54) is 0 Å². The van der Waals surface area contributed by atoms with Crippen LogP contribution in [0.15, 0.2) is 0 Å². The van der Waals surface area contributed by atoms with Gasteiger partial charge in [-0.2, -0.15) is 11.8 Å². The summed E-state index contributed by atoms with van der Waals surface area (Å²) in [6.45, 7) is 3.90. The highest BCUT2D eigenvalue weighted by molar-refractivity contribution is 7.99. The maximum absolute atomic E-state index is 12.5. The first-order chi connectivity index (χ1) is 9.08. The molecule has 0 bridgehead atoms. The van der Waals surface area contributed by atoms with Gasteiger partial charge in [0.2, 0.25) is 0 Å². The number of aliphatic carboxylic acids is 1. The fourth-order valence-electron chi connectivity index (χ4n) is 2.46. The van der Waals surface area contributed by atoms with Crippen LogP contribution in [0.1, 0.15) is 6.42 Å². The van der Waals surface area contributed by atoms with Gasteiger partial charge in [0.05, 0.1) is 12.5 Å². The molecule has 2 aliphatic heterocycles. The summed E-state index contributed by atoms with van der Waals surface area (Å²) < 4.78 is 0. The zero-order valence-electron chi connectivity index (χ0n) is 11.2. The zero-order valence-corrected chi connectivity index (χ0v) is 12.1. The van der Waals surface area contributed by atoms with Gasteiger partial charge in [0.25, 0.3) is 0 Å². The SMILES string of the molecule is CN1CCN(C(=O)N2CCSCC2CC(=O)O)CC1. The van der Waals surface area contributed by atoms with E-state index in [0.29, 0.717) is 6.54 Å². The van der Waals surface area contributed by atoms with E-state index >= 15 is 0 Å². The second-order valence-corrected chi connectivity index (χ2v) is 6.24. The molecule has 2 saturated heterocycles. The van der Waals surface area contributed by atoms with Crippen molar-refractivity contribution in [3.8, 4) is 0 Å². The lowest BCUT2D eigenvalue weighted by molar-refractivity contribution is -0.138. The summed E-state index contributed by atoms with van der Waals surface area (Å²) in [5, 5.41) is 8.94. The Balaban J connectivity index is 1.96. The molecular weight excluding hydrogens is 266 g/mol. The van der Waals surface area contributed by atoms with Crippen LogP contribution >= 0.6 is 11.8 Å². The largest absolute Gasteiger partial charge is 0.481 e. The topological polar surface area (TPSA) is 64.1 Å². The number of carbonyl (C=O) groups is 2. The van der Waals surface area contributed by atoms with E-state index in [0.717, 1.165) is 37.7 Å². The molecule has 0 aromatic carbocycles. The van der Waals surface area contributed by atoms with Crippen LogP contribution in [0.3, 0.4) is 0 Å². The van der Waals surface area contributed by atoms with Gasteiger partial charge in [0.1, 0.15) is 0 Å². The molecule has 0 spiro atoms. The molecule has 0 aliphatic carbocycles. The van der Waals surface area contributed by atoms with Gasteiger partial charge in [-0.15, -0.1) is 0 Å². The summed E-state index contributed by atoms with van der Waals surface area (Å²) in [6.07, 6.45) is 0.0481. The van der Waals surface area contributed by atoms with Crippen molar-refractivity contribution in [2.24, 2.45) is 0 Å². The highest BCUT2D eigenvalue weighted by atomic mass is 32.2. The molecule has 0 aromatic heterocycles. The average Bonchev–Trinajstić information content (AvgIpc) is 2.39. The molecule has 6 nitrogen and oxygen atoms in total. The lowest BCUT2D eigenvalue weighted by Gasteiger charge is -2.40. The smallest absolute Gasteiger partial charge is 0.320 e. The molecule has 0 saturated carbocycles. The Kier molecular flexibility index (Phi) is 4.93. The Labute approximate surface area is 117 Å². The minimum absolute atomic E-state index is 0.0136. The van der Waals surface area contributed by atoms with Crippen molar-refractivity contribution in [2.75, 3.05) is 51.3 Å². The highest BCUT2D eigenvalue weighted by Crippen LogP contribution is 2.21. The first-order valence-corrected chi connectivity index (χ1v) is 7.77. The van der Waals surface area contributed by atoms with Gasteiger partial charge < -0.3 is 19.8 Å². The zero-order chi connectivity index (χ0) is 13.8. The van der Waals surface area contributed by atoms with Gasteiger partial charge in [-0.1, -0.05) is 0 Å². The van der Waals surface area contributed by atoms with E-state index in [-0.39, 0.29) is 18.5 Å². The lowest BCUT2D eigenvalue weighted by Crippen LogP contribution is -2.56. The predicted molar refractivity (Wildman–Crippen MR) is 74.5 cm³/mol. The van der Waals surface area contributed by atoms with Gasteiger partial charge in [-0.25, -0.2) is 4.79 Å². The van der Waals surface area contributed by atoms with Crippen LogP contribution in [0.4, 0.5) is 4.79 Å². The minimum atomic E-state index is -0.830. The van der Waals surface area contributed by atoms with E-state index in [1.807, 2.05) is 11.9 Å². The average molecular weight is 287 g/mol. The molecule has 2 heterocycles.